The van der Waals surface area contributed by atoms with E-state index in [1.54, 1.807) is 0 Å². The number of hydrogen-bond donors (Lipinski definition) is 1. The monoisotopic (exact) mass is 250 g/mol. The molecule has 0 radical (unpaired) electrons. The van der Waals surface area contributed by atoms with Crippen LogP contribution in [-0.2, 0) is 10.8 Å². The molecule has 0 bridgehead atoms. The molecule has 1 rings (SSSR count). The van der Waals surface area contributed by atoms with E-state index in [1.807, 2.05) is 37.3 Å². The third-order valence-corrected chi connectivity index (χ3v) is 3.84. The summed E-state index contributed by atoms with van der Waals surface area (Å²) in [5.74, 6) is 1.22. The first-order valence-electron chi connectivity index (χ1n) is 5.78. The van der Waals surface area contributed by atoms with Crippen LogP contribution >= 0.6 is 0 Å². The summed E-state index contributed by atoms with van der Waals surface area (Å²) >= 11 is 0. The van der Waals surface area contributed by atoms with E-state index in [-0.39, 0.29) is 5.92 Å². The highest BCUT2D eigenvalue weighted by atomic mass is 32.2. The van der Waals surface area contributed by atoms with Gasteiger partial charge < -0.3 is 5.32 Å². The van der Waals surface area contributed by atoms with E-state index >= 15 is 0 Å². The molecule has 3 nitrogen and oxygen atoms in total. The van der Waals surface area contributed by atoms with Crippen molar-refractivity contribution in [2.75, 3.05) is 24.6 Å². The van der Waals surface area contributed by atoms with Crippen LogP contribution in [0.2, 0.25) is 0 Å². The van der Waals surface area contributed by atoms with Crippen LogP contribution < -0.4 is 5.32 Å². The molecule has 0 aliphatic carbocycles. The van der Waals surface area contributed by atoms with Crippen LogP contribution in [0.1, 0.15) is 18.4 Å². The van der Waals surface area contributed by atoms with Crippen molar-refractivity contribution < 1.29 is 4.21 Å². The normalized spacial score (nSPS) is 13.9. The number of nitrogens with zero attached hydrogens (tertiary/aromatic N) is 1. The Hall–Kier alpha value is -1.18. The van der Waals surface area contributed by atoms with Crippen molar-refractivity contribution in [1.29, 1.82) is 5.26 Å². The fourth-order valence-electron chi connectivity index (χ4n) is 1.50. The highest BCUT2D eigenvalue weighted by molar-refractivity contribution is 7.84. The summed E-state index contributed by atoms with van der Waals surface area (Å²) in [5, 5.41) is 12.3. The lowest BCUT2D eigenvalue weighted by molar-refractivity contribution is 0.661. The lowest BCUT2D eigenvalue weighted by Crippen LogP contribution is -2.25. The van der Waals surface area contributed by atoms with Crippen molar-refractivity contribution in [1.82, 2.24) is 5.32 Å². The second-order valence-corrected chi connectivity index (χ2v) is 5.59. The minimum atomic E-state index is -0.734. The van der Waals surface area contributed by atoms with Crippen molar-refractivity contribution in [2.45, 2.75) is 12.8 Å². The van der Waals surface area contributed by atoms with Gasteiger partial charge in [0.15, 0.2) is 0 Å². The first-order chi connectivity index (χ1) is 8.27. The Kier molecular flexibility index (Phi) is 6.53. The standard InChI is InChI=1S/C13H18N2OS/c1-2-17(16)9-8-15-11-13(10-14)12-6-4-3-5-7-12/h3-7,13,15H,2,8-9,11H2,1H3. The molecule has 0 heterocycles. The topological polar surface area (TPSA) is 52.9 Å². The molecule has 2 atom stereocenters. The van der Waals surface area contributed by atoms with Crippen LogP contribution in [0.3, 0.4) is 0 Å². The molecule has 0 aliphatic rings. The molecule has 1 N–H and O–H groups in total. The molecule has 1 aromatic carbocycles. The maximum atomic E-state index is 11.2. The van der Waals surface area contributed by atoms with Gasteiger partial charge in [0, 0.05) is 35.4 Å². The van der Waals surface area contributed by atoms with Crippen LogP contribution in [0, 0.1) is 11.3 Å². The quantitative estimate of drug-likeness (QED) is 0.749. The van der Waals surface area contributed by atoms with Gasteiger partial charge in [-0.2, -0.15) is 5.26 Å². The Bertz CT molecular complexity index is 386. The summed E-state index contributed by atoms with van der Waals surface area (Å²) in [6.07, 6.45) is 0. The minimum absolute atomic E-state index is 0.133. The summed E-state index contributed by atoms with van der Waals surface area (Å²) in [6, 6.07) is 12.0. The van der Waals surface area contributed by atoms with E-state index in [9.17, 15) is 4.21 Å². The van der Waals surface area contributed by atoms with Gasteiger partial charge in [0.2, 0.25) is 0 Å². The van der Waals surface area contributed by atoms with Gasteiger partial charge in [0.1, 0.15) is 0 Å². The van der Waals surface area contributed by atoms with Crippen molar-refractivity contribution in [3.8, 4) is 6.07 Å². The average Bonchev–Trinajstić information content (AvgIpc) is 2.39. The van der Waals surface area contributed by atoms with Gasteiger partial charge in [0.05, 0.1) is 12.0 Å². The predicted molar refractivity (Wildman–Crippen MR) is 71.2 cm³/mol. The maximum Gasteiger partial charge on any atom is 0.0837 e. The predicted octanol–water partition coefficient (Wildman–Crippen LogP) is 1.65. The largest absolute Gasteiger partial charge is 0.314 e. The summed E-state index contributed by atoms with van der Waals surface area (Å²) in [5.41, 5.74) is 1.03. The molecular formula is C13H18N2OS. The third-order valence-electron chi connectivity index (χ3n) is 2.53. The summed E-state index contributed by atoms with van der Waals surface area (Å²) in [7, 11) is -0.734. The van der Waals surface area contributed by atoms with Gasteiger partial charge in [0.25, 0.3) is 0 Å². The number of hydrogen-bond acceptors (Lipinski definition) is 3. The van der Waals surface area contributed by atoms with Crippen LogP contribution in [0.25, 0.3) is 0 Å². The summed E-state index contributed by atoms with van der Waals surface area (Å²) in [4.78, 5) is 0. The molecule has 0 saturated heterocycles. The van der Waals surface area contributed by atoms with Crippen LogP contribution in [-0.4, -0.2) is 28.8 Å². The first kappa shape index (κ1) is 13.9. The number of nitrogens with one attached hydrogen (secondary N) is 1. The lowest BCUT2D eigenvalue weighted by Gasteiger charge is -2.10. The van der Waals surface area contributed by atoms with Gasteiger partial charge in [-0.15, -0.1) is 0 Å². The number of rotatable bonds is 7. The molecule has 17 heavy (non-hydrogen) atoms. The maximum absolute atomic E-state index is 11.2. The van der Waals surface area contributed by atoms with Gasteiger partial charge in [-0.25, -0.2) is 0 Å². The zero-order valence-corrected chi connectivity index (χ0v) is 10.9. The average molecular weight is 250 g/mol. The van der Waals surface area contributed by atoms with E-state index in [0.29, 0.717) is 24.6 Å². The van der Waals surface area contributed by atoms with E-state index < -0.39 is 10.8 Å². The Balaban J connectivity index is 2.35. The highest BCUT2D eigenvalue weighted by Crippen LogP contribution is 2.12. The van der Waals surface area contributed by atoms with E-state index in [0.717, 1.165) is 5.56 Å². The smallest absolute Gasteiger partial charge is 0.0837 e. The second-order valence-electron chi connectivity index (χ2n) is 3.73. The molecule has 92 valence electrons. The van der Waals surface area contributed by atoms with E-state index in [1.165, 1.54) is 0 Å². The molecular weight excluding hydrogens is 232 g/mol. The van der Waals surface area contributed by atoms with E-state index in [4.69, 9.17) is 5.26 Å². The second kappa shape index (κ2) is 7.99. The molecule has 0 aliphatic heterocycles. The number of nitriles is 1. The Morgan fingerprint density at radius 2 is 2.12 bits per heavy atom. The Morgan fingerprint density at radius 1 is 1.41 bits per heavy atom. The molecule has 1 aromatic rings. The van der Waals surface area contributed by atoms with Crippen molar-refractivity contribution in [3.05, 3.63) is 35.9 Å². The van der Waals surface area contributed by atoms with Crippen molar-refractivity contribution in [3.63, 3.8) is 0 Å². The molecule has 0 aromatic heterocycles. The molecule has 0 amide bonds. The molecule has 0 fully saturated rings. The third kappa shape index (κ3) is 5.12. The fourth-order valence-corrected chi connectivity index (χ4v) is 2.16. The van der Waals surface area contributed by atoms with Crippen LogP contribution in [0.5, 0.6) is 0 Å². The summed E-state index contributed by atoms with van der Waals surface area (Å²) < 4.78 is 11.2. The first-order valence-corrected chi connectivity index (χ1v) is 7.27. The summed E-state index contributed by atoms with van der Waals surface area (Å²) in [6.45, 7) is 3.23. The van der Waals surface area contributed by atoms with Gasteiger partial charge in [-0.3, -0.25) is 4.21 Å². The zero-order valence-electron chi connectivity index (χ0n) is 10.1. The van der Waals surface area contributed by atoms with Gasteiger partial charge in [-0.1, -0.05) is 37.3 Å². The molecule has 2 unspecified atom stereocenters. The highest BCUT2D eigenvalue weighted by Gasteiger charge is 2.09. The minimum Gasteiger partial charge on any atom is -0.314 e. The lowest BCUT2D eigenvalue weighted by atomic mass is 10.0. The number of benzene rings is 1. The molecule has 0 saturated carbocycles. The Morgan fingerprint density at radius 3 is 2.71 bits per heavy atom. The molecule has 0 spiro atoms. The van der Waals surface area contributed by atoms with Crippen LogP contribution in [0.15, 0.2) is 30.3 Å². The van der Waals surface area contributed by atoms with Gasteiger partial charge in [-0.05, 0) is 5.56 Å². The van der Waals surface area contributed by atoms with Gasteiger partial charge >= 0.3 is 0 Å². The van der Waals surface area contributed by atoms with Crippen LogP contribution in [0.4, 0.5) is 0 Å². The van der Waals surface area contributed by atoms with Crippen molar-refractivity contribution >= 4 is 10.8 Å². The SMILES string of the molecule is CCS(=O)CCNCC(C#N)c1ccccc1. The van der Waals surface area contributed by atoms with E-state index in [2.05, 4.69) is 11.4 Å². The molecule has 4 heteroatoms. The van der Waals surface area contributed by atoms with Crippen molar-refractivity contribution in [2.24, 2.45) is 0 Å². The Labute approximate surface area is 105 Å². The fraction of sp³-hybridized carbons (Fsp3) is 0.462. The zero-order chi connectivity index (χ0) is 12.5.